The van der Waals surface area contributed by atoms with Crippen molar-refractivity contribution in [2.75, 3.05) is 33.2 Å². The van der Waals surface area contributed by atoms with Gasteiger partial charge in [-0.1, -0.05) is 0 Å². The predicted octanol–water partition coefficient (Wildman–Crippen LogP) is 1.79. The molecule has 21 heavy (non-hydrogen) atoms. The number of nitrogens with zero attached hydrogens (tertiary/aromatic N) is 2. The van der Waals surface area contributed by atoms with E-state index >= 15 is 0 Å². The van der Waals surface area contributed by atoms with Crippen LogP contribution in [-0.2, 0) is 4.79 Å². The first-order valence-corrected chi connectivity index (χ1v) is 8.62. The smallest absolute Gasteiger partial charge is 0.262 e. The van der Waals surface area contributed by atoms with Crippen LogP contribution in [-0.4, -0.2) is 60.9 Å². The monoisotopic (exact) mass is 373 g/mol. The summed E-state index contributed by atoms with van der Waals surface area (Å²) in [6, 6.07) is 3.08. The lowest BCUT2D eigenvalue weighted by atomic mass is 10.2. The molecule has 0 spiro atoms. The fraction of sp³-hybridized carbons (Fsp3) is 0.571. The molecule has 1 saturated heterocycles. The molecule has 1 N–H and O–H groups in total. The van der Waals surface area contributed by atoms with Crippen molar-refractivity contribution >= 4 is 39.1 Å². The maximum absolute atomic E-state index is 12.4. The van der Waals surface area contributed by atoms with Crippen molar-refractivity contribution in [3.8, 4) is 0 Å². The Morgan fingerprint density at radius 1 is 1.29 bits per heavy atom. The fourth-order valence-electron chi connectivity index (χ4n) is 2.31. The standard InChI is InChI=1S/C14H20BrN3O2S/c1-10(16-13(19)11-4-5-12(15)21-11)14(20)18-7-3-6-17(2)8-9-18/h4-5,10H,3,6-9H2,1-2H3,(H,16,19). The minimum Gasteiger partial charge on any atom is -0.340 e. The molecule has 0 aliphatic carbocycles. The van der Waals surface area contributed by atoms with Crippen molar-refractivity contribution in [3.63, 3.8) is 0 Å². The Labute approximate surface area is 137 Å². The maximum Gasteiger partial charge on any atom is 0.262 e. The van der Waals surface area contributed by atoms with Crippen LogP contribution in [0.5, 0.6) is 0 Å². The lowest BCUT2D eigenvalue weighted by molar-refractivity contribution is -0.132. The molecule has 1 fully saturated rings. The minimum absolute atomic E-state index is 0.00530. The average molecular weight is 374 g/mol. The summed E-state index contributed by atoms with van der Waals surface area (Å²) in [5.41, 5.74) is 0. The van der Waals surface area contributed by atoms with Gasteiger partial charge in [0.1, 0.15) is 6.04 Å². The zero-order chi connectivity index (χ0) is 15.4. The van der Waals surface area contributed by atoms with Crippen molar-refractivity contribution in [3.05, 3.63) is 20.8 Å². The summed E-state index contributed by atoms with van der Waals surface area (Å²) in [4.78, 5) is 29.2. The van der Waals surface area contributed by atoms with Crippen molar-refractivity contribution in [1.29, 1.82) is 0 Å². The van der Waals surface area contributed by atoms with Gasteiger partial charge in [0.15, 0.2) is 0 Å². The number of nitrogens with one attached hydrogen (secondary N) is 1. The second-order valence-corrected chi connectivity index (χ2v) is 7.74. The first kappa shape index (κ1) is 16.5. The lowest BCUT2D eigenvalue weighted by Crippen LogP contribution is -2.47. The van der Waals surface area contributed by atoms with Crippen molar-refractivity contribution in [1.82, 2.24) is 15.1 Å². The molecule has 0 radical (unpaired) electrons. The number of rotatable bonds is 3. The first-order valence-electron chi connectivity index (χ1n) is 7.01. The third-order valence-corrected chi connectivity index (χ3v) is 5.17. The third-order valence-electron chi connectivity index (χ3n) is 3.55. The summed E-state index contributed by atoms with van der Waals surface area (Å²) in [7, 11) is 2.06. The number of hydrogen-bond acceptors (Lipinski definition) is 4. The molecule has 1 aliphatic heterocycles. The van der Waals surface area contributed by atoms with Gasteiger partial charge in [0.2, 0.25) is 5.91 Å². The Kier molecular flexibility index (Phi) is 5.78. The minimum atomic E-state index is -0.498. The van der Waals surface area contributed by atoms with E-state index in [0.29, 0.717) is 4.88 Å². The van der Waals surface area contributed by atoms with Gasteiger partial charge in [-0.3, -0.25) is 9.59 Å². The molecule has 116 valence electrons. The van der Waals surface area contributed by atoms with Crippen molar-refractivity contribution in [2.24, 2.45) is 0 Å². The van der Waals surface area contributed by atoms with Gasteiger partial charge in [-0.2, -0.15) is 0 Å². The molecule has 2 amide bonds. The normalized spacial score (nSPS) is 18.1. The summed E-state index contributed by atoms with van der Waals surface area (Å²) in [6.45, 7) is 5.11. The maximum atomic E-state index is 12.4. The molecule has 2 rings (SSSR count). The van der Waals surface area contributed by atoms with Crippen molar-refractivity contribution < 1.29 is 9.59 Å². The van der Waals surface area contributed by atoms with Gasteiger partial charge in [0, 0.05) is 19.6 Å². The number of hydrogen-bond donors (Lipinski definition) is 1. The molecule has 1 atom stereocenters. The van der Waals surface area contributed by atoms with Crippen LogP contribution < -0.4 is 5.32 Å². The van der Waals surface area contributed by atoms with Gasteiger partial charge in [0.25, 0.3) is 5.91 Å². The second kappa shape index (κ2) is 7.38. The molecule has 0 bridgehead atoms. The van der Waals surface area contributed by atoms with Gasteiger partial charge in [-0.05, 0) is 55.0 Å². The van der Waals surface area contributed by atoms with E-state index in [4.69, 9.17) is 0 Å². The Morgan fingerprint density at radius 3 is 2.71 bits per heavy atom. The molecule has 1 aliphatic rings. The highest BCUT2D eigenvalue weighted by atomic mass is 79.9. The number of thiophene rings is 1. The Morgan fingerprint density at radius 2 is 2.05 bits per heavy atom. The van der Waals surface area contributed by atoms with Gasteiger partial charge >= 0.3 is 0 Å². The van der Waals surface area contributed by atoms with Crippen LogP contribution in [0, 0.1) is 0 Å². The number of carbonyl (C=O) groups is 2. The van der Waals surface area contributed by atoms with E-state index in [1.807, 2.05) is 11.0 Å². The highest BCUT2D eigenvalue weighted by Crippen LogP contribution is 2.21. The largest absolute Gasteiger partial charge is 0.340 e. The zero-order valence-electron chi connectivity index (χ0n) is 12.3. The molecule has 7 heteroatoms. The van der Waals surface area contributed by atoms with Crippen LogP contribution in [0.1, 0.15) is 23.0 Å². The van der Waals surface area contributed by atoms with Crippen LogP contribution in [0.3, 0.4) is 0 Å². The molecule has 1 aromatic rings. The number of carbonyl (C=O) groups excluding carboxylic acids is 2. The molecular weight excluding hydrogens is 354 g/mol. The van der Waals surface area contributed by atoms with Gasteiger partial charge in [-0.15, -0.1) is 11.3 Å². The average Bonchev–Trinajstić information content (AvgIpc) is 2.76. The summed E-state index contributed by atoms with van der Waals surface area (Å²) in [5.74, 6) is -0.201. The van der Waals surface area contributed by atoms with Crippen LogP contribution in [0.15, 0.2) is 15.9 Å². The van der Waals surface area contributed by atoms with Gasteiger partial charge in [-0.25, -0.2) is 0 Å². The Balaban J connectivity index is 1.91. The number of likely N-dealkylation sites (N-methyl/N-ethyl adjacent to an activating group) is 1. The molecule has 0 saturated carbocycles. The highest BCUT2D eigenvalue weighted by molar-refractivity contribution is 9.11. The Bertz CT molecular complexity index is 520. The van der Waals surface area contributed by atoms with Crippen LogP contribution >= 0.6 is 27.3 Å². The summed E-state index contributed by atoms with van der Waals surface area (Å²) >= 11 is 4.69. The first-order chi connectivity index (χ1) is 9.97. The number of halogens is 1. The Hall–Kier alpha value is -0.920. The summed E-state index contributed by atoms with van der Waals surface area (Å²) < 4.78 is 0.905. The molecule has 1 aromatic heterocycles. The number of amides is 2. The van der Waals surface area contributed by atoms with Gasteiger partial charge < -0.3 is 15.1 Å². The predicted molar refractivity (Wildman–Crippen MR) is 87.6 cm³/mol. The van der Waals surface area contributed by atoms with E-state index in [-0.39, 0.29) is 11.8 Å². The molecule has 5 nitrogen and oxygen atoms in total. The zero-order valence-corrected chi connectivity index (χ0v) is 14.7. The third kappa shape index (κ3) is 4.52. The van der Waals surface area contributed by atoms with Gasteiger partial charge in [0.05, 0.1) is 8.66 Å². The van der Waals surface area contributed by atoms with E-state index in [1.165, 1.54) is 11.3 Å². The van der Waals surface area contributed by atoms with Crippen molar-refractivity contribution in [2.45, 2.75) is 19.4 Å². The van der Waals surface area contributed by atoms with Crippen LogP contribution in [0.25, 0.3) is 0 Å². The molecule has 2 heterocycles. The molecular formula is C14H20BrN3O2S. The molecule has 1 unspecified atom stereocenters. The van der Waals surface area contributed by atoms with E-state index < -0.39 is 6.04 Å². The SMILES string of the molecule is CC(NC(=O)c1ccc(Br)s1)C(=O)N1CCCN(C)CC1. The highest BCUT2D eigenvalue weighted by Gasteiger charge is 2.24. The van der Waals surface area contributed by atoms with E-state index in [9.17, 15) is 9.59 Å². The fourth-order valence-corrected chi connectivity index (χ4v) is 3.60. The van der Waals surface area contributed by atoms with Crippen LogP contribution in [0.2, 0.25) is 0 Å². The molecule has 0 aromatic carbocycles. The quantitative estimate of drug-likeness (QED) is 0.878. The lowest BCUT2D eigenvalue weighted by Gasteiger charge is -2.24. The van der Waals surface area contributed by atoms with E-state index in [1.54, 1.807) is 13.0 Å². The summed E-state index contributed by atoms with van der Waals surface area (Å²) in [6.07, 6.45) is 0.973. The van der Waals surface area contributed by atoms with E-state index in [0.717, 1.165) is 36.4 Å². The summed E-state index contributed by atoms with van der Waals surface area (Å²) in [5, 5.41) is 2.78. The van der Waals surface area contributed by atoms with Crippen LogP contribution in [0.4, 0.5) is 0 Å². The topological polar surface area (TPSA) is 52.7 Å². The van der Waals surface area contributed by atoms with E-state index in [2.05, 4.69) is 33.2 Å². The second-order valence-electron chi connectivity index (χ2n) is 5.28.